The van der Waals surface area contributed by atoms with Gasteiger partial charge in [-0.3, -0.25) is 4.79 Å². The molecule has 0 spiro atoms. The Morgan fingerprint density at radius 3 is 2.17 bits per heavy atom. The zero-order chi connectivity index (χ0) is 39.8. The van der Waals surface area contributed by atoms with E-state index in [1.165, 1.54) is 18.7 Å². The zero-order valence-corrected chi connectivity index (χ0v) is 31.8. The standard InChI is InChI=1S/C37H35F2N7O2.C2H6.C2H4.CH5N/c1-23-12-15-26(35(47)42-27-16-13-25(14-17-27)20-24-8-5-4-6-9-24)21-28(23)32-29-22-41-37(48)46(33-30(38)10-7-11-31(33)39)34(29)44-36(43-32)40-18-19-45(2)3;3*1-2/h4-17,21H,18-20,22H2,1-3H3,(H,41,48)(H,42,47)(H,40,43,44);1-2H3;1-2H2;2H2,1H3. The van der Waals surface area contributed by atoms with Gasteiger partial charge in [0.05, 0.1) is 12.2 Å². The van der Waals surface area contributed by atoms with Crippen molar-refractivity contribution in [2.45, 2.75) is 33.7 Å². The quantitative estimate of drug-likeness (QED) is 0.106. The third-order valence-corrected chi connectivity index (χ3v) is 8.04. The van der Waals surface area contributed by atoms with Crippen molar-refractivity contribution in [3.63, 3.8) is 0 Å². The van der Waals surface area contributed by atoms with Crippen LogP contribution in [-0.2, 0) is 13.0 Å². The molecule has 0 saturated carbocycles. The topological polar surface area (TPSA) is 129 Å². The molecule has 0 fully saturated rings. The van der Waals surface area contributed by atoms with Gasteiger partial charge in [0.2, 0.25) is 5.95 Å². The number of rotatable bonds is 10. The van der Waals surface area contributed by atoms with E-state index < -0.39 is 23.4 Å². The third-order valence-electron chi connectivity index (χ3n) is 8.04. The SMILES string of the molecule is C=C.CC.CN.Cc1ccc(C(=O)Nc2ccc(Cc3ccccc3)cc2)cc1-c1nc(NCCN(C)C)nc2c1CNC(=O)N2c1c(F)cccc1F. The van der Waals surface area contributed by atoms with Crippen LogP contribution in [0.5, 0.6) is 0 Å². The first-order valence-electron chi connectivity index (χ1n) is 17.6. The summed E-state index contributed by atoms with van der Waals surface area (Å²) in [4.78, 5) is 38.9. The maximum Gasteiger partial charge on any atom is 0.328 e. The number of carbonyl (C=O) groups excluding carboxylic acids is 2. The normalized spacial score (nSPS) is 11.4. The van der Waals surface area contributed by atoms with E-state index in [1.54, 1.807) is 12.1 Å². The van der Waals surface area contributed by atoms with Crippen molar-refractivity contribution in [1.82, 2.24) is 20.2 Å². The van der Waals surface area contributed by atoms with Gasteiger partial charge < -0.3 is 26.6 Å². The summed E-state index contributed by atoms with van der Waals surface area (Å²) in [5.74, 6) is -1.93. The highest BCUT2D eigenvalue weighted by Gasteiger charge is 2.34. The number of hydrogen-bond donors (Lipinski definition) is 4. The van der Waals surface area contributed by atoms with Gasteiger partial charge in [0.25, 0.3) is 5.91 Å². The van der Waals surface area contributed by atoms with Gasteiger partial charge >= 0.3 is 6.03 Å². The van der Waals surface area contributed by atoms with Crippen molar-refractivity contribution in [1.29, 1.82) is 0 Å². The Kier molecular flexibility index (Phi) is 16.4. The summed E-state index contributed by atoms with van der Waals surface area (Å²) >= 11 is 0. The fourth-order valence-corrected chi connectivity index (χ4v) is 5.52. The molecule has 1 aliphatic heterocycles. The summed E-state index contributed by atoms with van der Waals surface area (Å²) in [6.45, 7) is 13.0. The van der Waals surface area contributed by atoms with Crippen molar-refractivity contribution < 1.29 is 18.4 Å². The molecule has 10 nitrogen and oxygen atoms in total. The van der Waals surface area contributed by atoms with Crippen LogP contribution in [0.25, 0.3) is 11.3 Å². The Morgan fingerprint density at radius 2 is 1.54 bits per heavy atom. The minimum atomic E-state index is -0.914. The van der Waals surface area contributed by atoms with Crippen LogP contribution in [0.4, 0.5) is 36.7 Å². The number of anilines is 4. The van der Waals surface area contributed by atoms with Crippen molar-refractivity contribution >= 4 is 35.1 Å². The minimum absolute atomic E-state index is 0.0131. The second-order valence-electron chi connectivity index (χ2n) is 11.8. The number of nitrogens with two attached hydrogens (primary N) is 1. The second kappa shape index (κ2) is 20.9. The molecule has 1 aromatic heterocycles. The lowest BCUT2D eigenvalue weighted by atomic mass is 9.97. The van der Waals surface area contributed by atoms with E-state index in [-0.39, 0.29) is 24.2 Å². The smallest absolute Gasteiger partial charge is 0.328 e. The molecule has 2 heterocycles. The summed E-state index contributed by atoms with van der Waals surface area (Å²) in [5, 5.41) is 8.85. The molecule has 54 heavy (non-hydrogen) atoms. The van der Waals surface area contributed by atoms with Crippen molar-refractivity contribution in [2.75, 3.05) is 49.8 Å². The van der Waals surface area contributed by atoms with Crippen LogP contribution in [0.15, 0.2) is 104 Å². The van der Waals surface area contributed by atoms with Crippen LogP contribution in [0, 0.1) is 18.6 Å². The molecule has 3 amide bonds. The van der Waals surface area contributed by atoms with Crippen molar-refractivity contribution in [3.8, 4) is 11.3 Å². The number of carbonyl (C=O) groups is 2. The Bertz CT molecular complexity index is 1970. The predicted molar refractivity (Wildman–Crippen MR) is 216 cm³/mol. The molecular formula is C42H50F2N8O2. The van der Waals surface area contributed by atoms with E-state index in [4.69, 9.17) is 4.98 Å². The van der Waals surface area contributed by atoms with Gasteiger partial charge in [-0.2, -0.15) is 4.98 Å². The van der Waals surface area contributed by atoms with Crippen LogP contribution in [0.1, 0.15) is 46.5 Å². The van der Waals surface area contributed by atoms with Crippen LogP contribution >= 0.6 is 0 Å². The lowest BCUT2D eigenvalue weighted by Gasteiger charge is -2.31. The van der Waals surface area contributed by atoms with E-state index in [2.05, 4.69) is 52.0 Å². The molecule has 5 aromatic rings. The van der Waals surface area contributed by atoms with E-state index in [9.17, 15) is 9.59 Å². The van der Waals surface area contributed by atoms with Gasteiger partial charge in [0, 0.05) is 35.5 Å². The lowest BCUT2D eigenvalue weighted by Crippen LogP contribution is -2.43. The van der Waals surface area contributed by atoms with Crippen LogP contribution in [0.3, 0.4) is 0 Å². The molecule has 0 aliphatic carbocycles. The van der Waals surface area contributed by atoms with Crippen LogP contribution in [0.2, 0.25) is 0 Å². The first-order valence-corrected chi connectivity index (χ1v) is 17.6. The van der Waals surface area contributed by atoms with Gasteiger partial charge in [-0.1, -0.05) is 68.4 Å². The minimum Gasteiger partial charge on any atom is -0.353 e. The molecule has 5 N–H and O–H groups in total. The molecule has 6 rings (SSSR count). The number of nitrogens with zero attached hydrogens (tertiary/aromatic N) is 4. The summed E-state index contributed by atoms with van der Waals surface area (Å²) in [6.07, 6.45) is 0.785. The monoisotopic (exact) mass is 736 g/mol. The number of aromatic nitrogens is 2. The number of para-hydroxylation sites is 1. The highest BCUT2D eigenvalue weighted by Crippen LogP contribution is 2.39. The highest BCUT2D eigenvalue weighted by atomic mass is 19.1. The molecule has 284 valence electrons. The first kappa shape index (κ1) is 42.4. The lowest BCUT2D eigenvalue weighted by molar-refractivity contribution is 0.102. The number of amides is 3. The molecule has 1 aliphatic rings. The maximum absolute atomic E-state index is 15.1. The molecule has 0 atom stereocenters. The number of likely N-dealkylation sites (N-methyl/N-ethyl adjacent to an activating group) is 1. The number of hydrogen-bond acceptors (Lipinski definition) is 7. The molecule has 0 radical (unpaired) electrons. The zero-order valence-electron chi connectivity index (χ0n) is 31.8. The fourth-order valence-electron chi connectivity index (χ4n) is 5.52. The number of halogens is 2. The summed E-state index contributed by atoms with van der Waals surface area (Å²) in [7, 11) is 5.35. The van der Waals surface area contributed by atoms with E-state index in [0.29, 0.717) is 41.2 Å². The summed E-state index contributed by atoms with van der Waals surface area (Å²) in [5.41, 5.74) is 9.60. The maximum atomic E-state index is 15.1. The molecule has 12 heteroatoms. The van der Waals surface area contributed by atoms with E-state index in [0.717, 1.165) is 34.6 Å². The largest absolute Gasteiger partial charge is 0.353 e. The number of nitrogens with one attached hydrogen (secondary N) is 3. The molecule has 0 unspecified atom stereocenters. The molecule has 4 aromatic carbocycles. The Morgan fingerprint density at radius 1 is 0.907 bits per heavy atom. The Balaban J connectivity index is 0.00000124. The van der Waals surface area contributed by atoms with Gasteiger partial charge in [-0.05, 0) is 87.6 Å². The number of aryl methyl sites for hydroxylation is 1. The number of urea groups is 1. The van der Waals surface area contributed by atoms with Crippen LogP contribution in [-0.4, -0.2) is 61.0 Å². The van der Waals surface area contributed by atoms with E-state index >= 15 is 8.78 Å². The molecule has 0 bridgehead atoms. The molecule has 0 saturated heterocycles. The fraction of sp³-hybridized carbons (Fsp3) is 0.238. The summed E-state index contributed by atoms with van der Waals surface area (Å²) < 4.78 is 30.1. The highest BCUT2D eigenvalue weighted by molar-refractivity contribution is 6.06. The third kappa shape index (κ3) is 10.6. The average molecular weight is 737 g/mol. The van der Waals surface area contributed by atoms with Gasteiger partial charge in [0.1, 0.15) is 17.3 Å². The first-order chi connectivity index (χ1) is 26.2. The second-order valence-corrected chi connectivity index (χ2v) is 11.8. The average Bonchev–Trinajstić information content (AvgIpc) is 3.19. The number of fused-ring (bicyclic) bond motifs is 1. The van der Waals surface area contributed by atoms with Gasteiger partial charge in [-0.15, -0.1) is 13.2 Å². The van der Waals surface area contributed by atoms with Gasteiger partial charge in [-0.25, -0.2) is 23.5 Å². The van der Waals surface area contributed by atoms with Crippen LogP contribution < -0.4 is 26.6 Å². The van der Waals surface area contributed by atoms with Crippen molar-refractivity contribution in [3.05, 3.63) is 144 Å². The Hall–Kier alpha value is -5.98. The predicted octanol–water partition coefficient (Wildman–Crippen LogP) is 8.31. The van der Waals surface area contributed by atoms with Gasteiger partial charge in [0.15, 0.2) is 5.82 Å². The Labute approximate surface area is 317 Å². The van der Waals surface area contributed by atoms with E-state index in [1.807, 2.05) is 88.3 Å². The van der Waals surface area contributed by atoms with Crippen molar-refractivity contribution in [2.24, 2.45) is 5.73 Å². The molecular weight excluding hydrogens is 687 g/mol. The summed E-state index contributed by atoms with van der Waals surface area (Å²) in [6, 6.07) is 25.8. The number of benzene rings is 4.